The van der Waals surface area contributed by atoms with Gasteiger partial charge in [-0.2, -0.15) is 3.82 Å². The summed E-state index contributed by atoms with van der Waals surface area (Å²) in [7, 11) is 0. The zero-order valence-corrected chi connectivity index (χ0v) is 5.82. The minimum atomic E-state index is 0.805. The molecule has 1 aliphatic rings. The van der Waals surface area contributed by atoms with E-state index in [1.807, 2.05) is 23.6 Å². The maximum Gasteiger partial charge on any atom is 0.0440 e. The smallest absolute Gasteiger partial charge is 0.0440 e. The van der Waals surface area contributed by atoms with Crippen LogP contribution in [0.4, 0.5) is 0 Å². The Morgan fingerprint density at radius 1 is 1.50 bits per heavy atom. The van der Waals surface area contributed by atoms with Gasteiger partial charge in [0.25, 0.3) is 0 Å². The first-order valence-corrected chi connectivity index (χ1v) is 3.49. The maximum atomic E-state index is 5.61. The van der Waals surface area contributed by atoms with Gasteiger partial charge in [-0.3, -0.25) is 0 Å². The van der Waals surface area contributed by atoms with E-state index < -0.39 is 0 Å². The summed E-state index contributed by atoms with van der Waals surface area (Å²) in [5.74, 6) is 0. The molecule has 0 aliphatic carbocycles. The molecule has 0 spiro atoms. The van der Waals surface area contributed by atoms with Gasteiger partial charge in [-0.1, -0.05) is 18.2 Å². The molecule has 0 aromatic heterocycles. The minimum absolute atomic E-state index is 0.805. The summed E-state index contributed by atoms with van der Waals surface area (Å²) in [5, 5.41) is 1.94. The molecule has 0 fully saturated rings. The van der Waals surface area contributed by atoms with Gasteiger partial charge in [0.05, 0.1) is 0 Å². The van der Waals surface area contributed by atoms with Crippen LogP contribution in [0.5, 0.6) is 0 Å². The Balaban J connectivity index is 2.45. The summed E-state index contributed by atoms with van der Waals surface area (Å²) in [6.07, 6.45) is 5.95. The number of rotatable bonds is 0. The third-order valence-electron chi connectivity index (χ3n) is 0.750. The molecule has 1 nitrogen and oxygen atoms in total. The van der Waals surface area contributed by atoms with Crippen molar-refractivity contribution in [3.8, 4) is 0 Å². The summed E-state index contributed by atoms with van der Waals surface area (Å²) in [6, 6.07) is 0. The lowest BCUT2D eigenvalue weighted by molar-refractivity contribution is 0.828. The quantitative estimate of drug-likeness (QED) is 0.382. The van der Waals surface area contributed by atoms with E-state index in [-0.39, 0.29) is 0 Å². The van der Waals surface area contributed by atoms with Crippen LogP contribution in [-0.4, -0.2) is 10.4 Å². The molecule has 3 heteroatoms. The normalized spacial score (nSPS) is 21.1. The molecule has 0 saturated heterocycles. The average molecular weight is 148 g/mol. The number of hydrogen-bond donors (Lipinski definition) is 0. The van der Waals surface area contributed by atoms with Crippen LogP contribution in [0.1, 0.15) is 0 Å². The summed E-state index contributed by atoms with van der Waals surface area (Å²) in [5.41, 5.74) is 0. The molecule has 0 aromatic carbocycles. The van der Waals surface area contributed by atoms with Crippen molar-refractivity contribution < 1.29 is 0 Å². The Morgan fingerprint density at radius 3 is 3.25 bits per heavy atom. The molecule has 1 heterocycles. The molecule has 0 bridgehead atoms. The Labute approximate surface area is 58.2 Å². The first kappa shape index (κ1) is 6.20. The molecule has 0 unspecified atom stereocenters. The molecular formula is C5H6ClNS. The molecule has 0 radical (unpaired) electrons. The molecule has 1 aliphatic heterocycles. The van der Waals surface area contributed by atoms with Crippen molar-refractivity contribution in [2.24, 2.45) is 0 Å². The predicted molar refractivity (Wildman–Crippen MR) is 38.4 cm³/mol. The van der Waals surface area contributed by atoms with Gasteiger partial charge in [0.15, 0.2) is 0 Å². The number of hydrogen-bond acceptors (Lipinski definition) is 2. The second-order valence-electron chi connectivity index (χ2n) is 1.36. The first-order valence-electron chi connectivity index (χ1n) is 2.31. The van der Waals surface area contributed by atoms with Gasteiger partial charge in [0, 0.05) is 6.54 Å². The summed E-state index contributed by atoms with van der Waals surface area (Å²) in [6.45, 7) is 0.805. The molecule has 0 N–H and O–H groups in total. The molecular weight excluding hydrogens is 142 g/mol. The van der Waals surface area contributed by atoms with Gasteiger partial charge in [-0.25, -0.2) is 0 Å². The topological polar surface area (TPSA) is 3.24 Å². The lowest BCUT2D eigenvalue weighted by atomic mass is 10.5. The summed E-state index contributed by atoms with van der Waals surface area (Å²) < 4.78 is 1.64. The van der Waals surface area contributed by atoms with Crippen molar-refractivity contribution in [3.63, 3.8) is 0 Å². The largest absolute Gasteiger partial charge is 0.155 e. The van der Waals surface area contributed by atoms with E-state index in [4.69, 9.17) is 11.8 Å². The third kappa shape index (κ3) is 1.90. The van der Waals surface area contributed by atoms with Crippen LogP contribution in [0.15, 0.2) is 23.6 Å². The standard InChI is InChI=1S/C5H6ClNS/c6-7-4-2-1-3-5-8-7/h1-3,5H,4H2. The number of halogens is 1. The molecule has 44 valence electrons. The van der Waals surface area contributed by atoms with Crippen molar-refractivity contribution in [1.82, 2.24) is 3.82 Å². The van der Waals surface area contributed by atoms with E-state index in [2.05, 4.69) is 0 Å². The fraction of sp³-hybridized carbons (Fsp3) is 0.200. The van der Waals surface area contributed by atoms with E-state index in [0.29, 0.717) is 0 Å². The summed E-state index contributed by atoms with van der Waals surface area (Å²) in [4.78, 5) is 0. The fourth-order valence-corrected chi connectivity index (χ4v) is 1.09. The van der Waals surface area contributed by atoms with Crippen LogP contribution in [0.25, 0.3) is 0 Å². The first-order chi connectivity index (χ1) is 3.89. The van der Waals surface area contributed by atoms with Crippen molar-refractivity contribution >= 4 is 23.7 Å². The Morgan fingerprint density at radius 2 is 2.38 bits per heavy atom. The van der Waals surface area contributed by atoms with Crippen molar-refractivity contribution in [2.45, 2.75) is 0 Å². The highest BCUT2D eigenvalue weighted by Crippen LogP contribution is 2.15. The summed E-state index contributed by atoms with van der Waals surface area (Å²) >= 11 is 7.11. The van der Waals surface area contributed by atoms with Gasteiger partial charge in [-0.15, -0.1) is 0 Å². The lowest BCUT2D eigenvalue weighted by Crippen LogP contribution is -1.97. The van der Waals surface area contributed by atoms with Crippen LogP contribution in [0, 0.1) is 0 Å². The Bertz CT molecular complexity index is 108. The maximum absolute atomic E-state index is 5.61. The zero-order chi connectivity index (χ0) is 5.82. The van der Waals surface area contributed by atoms with Crippen LogP contribution in [-0.2, 0) is 0 Å². The monoisotopic (exact) mass is 147 g/mol. The fourth-order valence-electron chi connectivity index (χ4n) is 0.412. The molecule has 0 atom stereocenters. The highest BCUT2D eigenvalue weighted by Gasteiger charge is 1.95. The minimum Gasteiger partial charge on any atom is -0.155 e. The number of nitrogens with zero attached hydrogens (tertiary/aromatic N) is 1. The molecule has 1 rings (SSSR count). The molecule has 0 amide bonds. The van der Waals surface area contributed by atoms with E-state index in [1.165, 1.54) is 11.9 Å². The van der Waals surface area contributed by atoms with Gasteiger partial charge in [0.1, 0.15) is 0 Å². The number of allylic oxidation sites excluding steroid dienone is 2. The predicted octanol–water partition coefficient (Wildman–Crippen LogP) is 2.17. The van der Waals surface area contributed by atoms with Crippen molar-refractivity contribution in [2.75, 3.05) is 6.54 Å². The zero-order valence-electron chi connectivity index (χ0n) is 4.25. The van der Waals surface area contributed by atoms with E-state index in [9.17, 15) is 0 Å². The van der Waals surface area contributed by atoms with Crippen LogP contribution >= 0.6 is 23.7 Å². The second kappa shape index (κ2) is 3.17. The van der Waals surface area contributed by atoms with Crippen molar-refractivity contribution in [1.29, 1.82) is 0 Å². The van der Waals surface area contributed by atoms with Crippen LogP contribution < -0.4 is 0 Å². The van der Waals surface area contributed by atoms with Gasteiger partial charge < -0.3 is 0 Å². The highest BCUT2D eigenvalue weighted by atomic mass is 35.5. The SMILES string of the molecule is ClN1CC=CC=CS1. The van der Waals surface area contributed by atoms with E-state index in [0.717, 1.165) is 6.54 Å². The average Bonchev–Trinajstić information content (AvgIpc) is 1.94. The second-order valence-corrected chi connectivity index (χ2v) is 2.89. The third-order valence-corrected chi connectivity index (χ3v) is 1.78. The van der Waals surface area contributed by atoms with Gasteiger partial charge in [0.2, 0.25) is 0 Å². The van der Waals surface area contributed by atoms with E-state index in [1.54, 1.807) is 3.82 Å². The van der Waals surface area contributed by atoms with Crippen molar-refractivity contribution in [3.05, 3.63) is 23.6 Å². The van der Waals surface area contributed by atoms with E-state index >= 15 is 0 Å². The molecule has 0 saturated carbocycles. The highest BCUT2D eigenvalue weighted by molar-refractivity contribution is 8.00. The van der Waals surface area contributed by atoms with Gasteiger partial charge in [-0.05, 0) is 29.1 Å². The van der Waals surface area contributed by atoms with Crippen LogP contribution in [0.3, 0.4) is 0 Å². The Hall–Kier alpha value is 0.0800. The lowest BCUT2D eigenvalue weighted by Gasteiger charge is -2.02. The molecule has 0 aromatic rings. The van der Waals surface area contributed by atoms with Gasteiger partial charge >= 0.3 is 0 Å². The van der Waals surface area contributed by atoms with Crippen LogP contribution in [0.2, 0.25) is 0 Å². The molecule has 8 heavy (non-hydrogen) atoms. The Kier molecular flexibility index (Phi) is 2.46.